The third-order valence-electron chi connectivity index (χ3n) is 4.54. The summed E-state index contributed by atoms with van der Waals surface area (Å²) < 4.78 is 5.94. The highest BCUT2D eigenvalue weighted by Crippen LogP contribution is 2.40. The minimum absolute atomic E-state index is 0.101. The Kier molecular flexibility index (Phi) is 5.00. The van der Waals surface area contributed by atoms with Crippen molar-refractivity contribution in [2.24, 2.45) is 0 Å². The summed E-state index contributed by atoms with van der Waals surface area (Å²) in [5.74, 6) is 1.59. The molecule has 0 fully saturated rings. The average molecular weight is 388 g/mol. The number of fused-ring (bicyclic) bond motifs is 3. The van der Waals surface area contributed by atoms with Gasteiger partial charge in [-0.3, -0.25) is 0 Å². The van der Waals surface area contributed by atoms with Gasteiger partial charge in [0.25, 0.3) is 0 Å². The van der Waals surface area contributed by atoms with E-state index in [-0.39, 0.29) is 11.4 Å². The molecule has 4 nitrogen and oxygen atoms in total. The van der Waals surface area contributed by atoms with Crippen molar-refractivity contribution >= 4 is 44.7 Å². The van der Waals surface area contributed by atoms with Gasteiger partial charge in [0.05, 0.1) is 17.2 Å². The molecule has 1 aliphatic carbocycles. The highest BCUT2D eigenvalue weighted by Gasteiger charge is 2.21. The van der Waals surface area contributed by atoms with Crippen molar-refractivity contribution in [3.63, 3.8) is 0 Å². The van der Waals surface area contributed by atoms with Crippen LogP contribution in [0.4, 0.5) is 11.5 Å². The van der Waals surface area contributed by atoms with Crippen molar-refractivity contribution in [1.29, 1.82) is 0 Å². The fraction of sp³-hybridized carbons (Fsp3) is 0.400. The summed E-state index contributed by atoms with van der Waals surface area (Å²) in [7, 11) is 0. The first-order valence-corrected chi connectivity index (χ1v) is 10.3. The molecule has 0 saturated carbocycles. The van der Waals surface area contributed by atoms with Crippen LogP contribution in [0.5, 0.6) is 5.75 Å². The first-order chi connectivity index (χ1) is 12.6. The van der Waals surface area contributed by atoms with E-state index in [9.17, 15) is 0 Å². The van der Waals surface area contributed by atoms with Crippen LogP contribution < -0.4 is 10.1 Å². The molecule has 0 radical (unpaired) electrons. The number of ether oxygens (including phenoxy) is 1. The zero-order valence-corrected chi connectivity index (χ0v) is 16.6. The topological polar surface area (TPSA) is 47.0 Å². The maximum Gasteiger partial charge on any atom is 0.225 e. The summed E-state index contributed by atoms with van der Waals surface area (Å²) in [6, 6.07) is 7.94. The number of thiophene rings is 1. The van der Waals surface area contributed by atoms with Crippen LogP contribution in [0.15, 0.2) is 24.3 Å². The first-order valence-electron chi connectivity index (χ1n) is 9.12. The third kappa shape index (κ3) is 3.51. The zero-order chi connectivity index (χ0) is 18.1. The van der Waals surface area contributed by atoms with Crippen LogP contribution in [0.2, 0.25) is 5.28 Å². The molecule has 26 heavy (non-hydrogen) atoms. The second-order valence-electron chi connectivity index (χ2n) is 6.87. The van der Waals surface area contributed by atoms with Gasteiger partial charge >= 0.3 is 0 Å². The summed E-state index contributed by atoms with van der Waals surface area (Å²) >= 11 is 7.98. The Bertz CT molecular complexity index is 938. The minimum Gasteiger partial charge on any atom is -0.489 e. The molecular formula is C20H22ClN3OS. The molecule has 2 heterocycles. The van der Waals surface area contributed by atoms with Crippen LogP contribution in [-0.4, -0.2) is 16.1 Å². The number of aromatic nitrogens is 2. The fourth-order valence-corrected chi connectivity index (χ4v) is 4.93. The molecule has 6 heteroatoms. The number of nitrogens with one attached hydrogen (secondary N) is 1. The van der Waals surface area contributed by atoms with E-state index in [1.54, 1.807) is 11.3 Å². The van der Waals surface area contributed by atoms with Crippen LogP contribution in [0.3, 0.4) is 0 Å². The predicted octanol–water partition coefficient (Wildman–Crippen LogP) is 6.14. The van der Waals surface area contributed by atoms with E-state index in [0.29, 0.717) is 0 Å². The number of nitrogens with zero attached hydrogens (tertiary/aromatic N) is 2. The van der Waals surface area contributed by atoms with E-state index in [2.05, 4.69) is 15.3 Å². The maximum atomic E-state index is 6.22. The molecule has 1 aromatic carbocycles. The Labute approximate surface area is 162 Å². The van der Waals surface area contributed by atoms with Gasteiger partial charge in [0.2, 0.25) is 5.28 Å². The molecule has 136 valence electrons. The van der Waals surface area contributed by atoms with Gasteiger partial charge < -0.3 is 10.1 Å². The number of anilines is 2. The van der Waals surface area contributed by atoms with Crippen molar-refractivity contribution in [3.05, 3.63) is 40.0 Å². The van der Waals surface area contributed by atoms with Crippen LogP contribution in [0.1, 0.15) is 43.6 Å². The van der Waals surface area contributed by atoms with E-state index in [1.807, 2.05) is 38.1 Å². The van der Waals surface area contributed by atoms with Gasteiger partial charge in [-0.15, -0.1) is 11.3 Å². The quantitative estimate of drug-likeness (QED) is 0.431. The Balaban J connectivity index is 1.81. The molecule has 4 rings (SSSR count). The zero-order valence-electron chi connectivity index (χ0n) is 15.0. The Hall–Kier alpha value is -1.85. The lowest BCUT2D eigenvalue weighted by atomic mass is 10.1. The molecule has 3 aromatic rings. The second-order valence-corrected chi connectivity index (χ2v) is 8.30. The molecule has 1 aliphatic rings. The minimum atomic E-state index is 0.101. The molecular weight excluding hydrogens is 366 g/mol. The van der Waals surface area contributed by atoms with Crippen molar-refractivity contribution < 1.29 is 4.74 Å². The van der Waals surface area contributed by atoms with E-state index in [4.69, 9.17) is 16.3 Å². The third-order valence-corrected chi connectivity index (χ3v) is 5.89. The molecule has 0 saturated heterocycles. The predicted molar refractivity (Wildman–Crippen MR) is 109 cm³/mol. The highest BCUT2D eigenvalue weighted by molar-refractivity contribution is 7.19. The lowest BCUT2D eigenvalue weighted by Crippen LogP contribution is -2.07. The van der Waals surface area contributed by atoms with Crippen LogP contribution >= 0.6 is 22.9 Å². The molecule has 0 atom stereocenters. The van der Waals surface area contributed by atoms with Crippen LogP contribution in [0, 0.1) is 0 Å². The first kappa shape index (κ1) is 17.6. The monoisotopic (exact) mass is 387 g/mol. The van der Waals surface area contributed by atoms with Crippen molar-refractivity contribution in [3.8, 4) is 5.75 Å². The number of hydrogen-bond acceptors (Lipinski definition) is 5. The number of para-hydroxylation sites is 2. The summed E-state index contributed by atoms with van der Waals surface area (Å²) in [6.45, 7) is 4.05. The van der Waals surface area contributed by atoms with E-state index in [0.717, 1.165) is 40.3 Å². The van der Waals surface area contributed by atoms with Crippen molar-refractivity contribution in [2.45, 2.75) is 52.1 Å². The molecule has 0 spiro atoms. The summed E-state index contributed by atoms with van der Waals surface area (Å²) in [5, 5.41) is 4.86. The fourth-order valence-electron chi connectivity index (χ4n) is 3.45. The number of aryl methyl sites for hydroxylation is 2. The summed E-state index contributed by atoms with van der Waals surface area (Å²) in [5.41, 5.74) is 2.29. The van der Waals surface area contributed by atoms with Gasteiger partial charge in [-0.25, -0.2) is 4.98 Å². The van der Waals surface area contributed by atoms with Crippen molar-refractivity contribution in [2.75, 3.05) is 5.32 Å². The molecule has 0 amide bonds. The van der Waals surface area contributed by atoms with E-state index in [1.165, 1.54) is 29.7 Å². The molecule has 2 aromatic heterocycles. The van der Waals surface area contributed by atoms with Crippen LogP contribution in [0.25, 0.3) is 10.2 Å². The number of benzene rings is 1. The lowest BCUT2D eigenvalue weighted by molar-refractivity contribution is 0.244. The van der Waals surface area contributed by atoms with E-state index < -0.39 is 0 Å². The normalized spacial score (nSPS) is 14.3. The molecule has 0 aliphatic heterocycles. The second kappa shape index (κ2) is 7.41. The maximum absolute atomic E-state index is 6.22. The SMILES string of the molecule is CC(C)Oc1ccccc1Nc1nc(Cl)nc2sc3c(c12)CCCCC3. The molecule has 0 bridgehead atoms. The highest BCUT2D eigenvalue weighted by atomic mass is 35.5. The van der Waals surface area contributed by atoms with Crippen LogP contribution in [-0.2, 0) is 12.8 Å². The number of hydrogen-bond donors (Lipinski definition) is 1. The van der Waals surface area contributed by atoms with Gasteiger partial charge in [-0.05, 0) is 68.8 Å². The number of halogens is 1. The summed E-state index contributed by atoms with van der Waals surface area (Å²) in [4.78, 5) is 11.4. The lowest BCUT2D eigenvalue weighted by Gasteiger charge is -2.16. The van der Waals surface area contributed by atoms with Gasteiger partial charge in [-0.2, -0.15) is 4.98 Å². The largest absolute Gasteiger partial charge is 0.489 e. The van der Waals surface area contributed by atoms with Gasteiger partial charge in [-0.1, -0.05) is 18.6 Å². The Morgan fingerprint density at radius 2 is 1.92 bits per heavy atom. The van der Waals surface area contributed by atoms with E-state index >= 15 is 0 Å². The Morgan fingerprint density at radius 1 is 1.12 bits per heavy atom. The van der Waals surface area contributed by atoms with Gasteiger partial charge in [0, 0.05) is 4.88 Å². The smallest absolute Gasteiger partial charge is 0.225 e. The standard InChI is InChI=1S/C20H22ClN3OS/c1-12(2)25-15-10-7-6-9-14(15)22-18-17-13-8-4-3-5-11-16(13)26-19(17)24-20(21)23-18/h6-7,9-10,12H,3-5,8,11H2,1-2H3,(H,22,23,24). The molecule has 1 N–H and O–H groups in total. The Morgan fingerprint density at radius 3 is 2.77 bits per heavy atom. The number of rotatable bonds is 4. The van der Waals surface area contributed by atoms with Gasteiger partial charge in [0.15, 0.2) is 0 Å². The average Bonchev–Trinajstić information content (AvgIpc) is 2.78. The van der Waals surface area contributed by atoms with Crippen molar-refractivity contribution in [1.82, 2.24) is 9.97 Å². The summed E-state index contributed by atoms with van der Waals surface area (Å²) in [6.07, 6.45) is 6.05. The molecule has 0 unspecified atom stereocenters. The van der Waals surface area contributed by atoms with Gasteiger partial charge in [0.1, 0.15) is 16.4 Å².